The molecule has 7 nitrogen and oxygen atoms in total. The van der Waals surface area contributed by atoms with Gasteiger partial charge in [-0.1, -0.05) is 13.8 Å². The number of carbonyl (C=O) groups excluding carboxylic acids is 1. The van der Waals surface area contributed by atoms with Crippen molar-refractivity contribution in [3.8, 4) is 0 Å². The van der Waals surface area contributed by atoms with Crippen LogP contribution in [0.5, 0.6) is 0 Å². The largest absolute Gasteiger partial charge is 0.299 e. The Morgan fingerprint density at radius 2 is 2.04 bits per heavy atom. The molecule has 3 atom stereocenters. The fourth-order valence-corrected chi connectivity index (χ4v) is 6.74. The van der Waals surface area contributed by atoms with E-state index < -0.39 is 37.6 Å². The van der Waals surface area contributed by atoms with Gasteiger partial charge in [0.1, 0.15) is 12.4 Å². The molecule has 2 fully saturated rings. The van der Waals surface area contributed by atoms with E-state index >= 15 is 0 Å². The van der Waals surface area contributed by atoms with E-state index in [1.807, 2.05) is 13.8 Å². The Kier molecular flexibility index (Phi) is 3.90. The second kappa shape index (κ2) is 5.65. The lowest BCUT2D eigenvalue weighted by Crippen LogP contribution is -2.43. The van der Waals surface area contributed by atoms with Gasteiger partial charge in [-0.05, 0) is 36.3 Å². The topological polar surface area (TPSA) is 99.5 Å². The molecule has 0 aliphatic heterocycles. The van der Waals surface area contributed by atoms with E-state index in [0.29, 0.717) is 12.8 Å². The Bertz CT molecular complexity index is 949. The van der Waals surface area contributed by atoms with Crippen LogP contribution in [0.25, 0.3) is 0 Å². The van der Waals surface area contributed by atoms with Gasteiger partial charge in [0, 0.05) is 12.6 Å². The Morgan fingerprint density at radius 1 is 1.36 bits per heavy atom. The summed E-state index contributed by atoms with van der Waals surface area (Å²) < 4.78 is 62.0. The molecule has 0 unspecified atom stereocenters. The number of rotatable bonds is 6. The first kappa shape index (κ1) is 17.2. The zero-order valence-corrected chi connectivity index (χ0v) is 16.1. The highest BCUT2D eigenvalue weighted by Gasteiger charge is 2.65. The van der Waals surface area contributed by atoms with Crippen molar-refractivity contribution in [2.24, 2.45) is 16.7 Å². The number of fused-ring (bicyclic) bond motifs is 2. The van der Waals surface area contributed by atoms with Crippen molar-refractivity contribution >= 4 is 25.9 Å². The van der Waals surface area contributed by atoms with Gasteiger partial charge in [0.2, 0.25) is 10.0 Å². The second-order valence-corrected chi connectivity index (χ2v) is 11.0. The van der Waals surface area contributed by atoms with Gasteiger partial charge in [0.15, 0.2) is 0 Å². The number of Topliss-reactive ketones (excluding diaryl/α,β-unsaturated/α-hetero) is 1. The van der Waals surface area contributed by atoms with Crippen molar-refractivity contribution in [3.05, 3.63) is 24.0 Å². The number of aromatic nitrogens is 1. The first-order valence-corrected chi connectivity index (χ1v) is 11.5. The van der Waals surface area contributed by atoms with Crippen LogP contribution in [0.2, 0.25) is 0 Å². The summed E-state index contributed by atoms with van der Waals surface area (Å²) in [5, 5.41) is 0. The first-order valence-electron chi connectivity index (χ1n) is 8.62. The monoisotopic (exact) mass is 390 g/mol. The standard InChI is InChI=1S/C16H23NO6S2/c1-15(2)12-6-7-16(15,14(18)9-12)11-25(21,22)17-8-4-5-13(17)10-23-24(3,19)20/h4-5,8,12H,6-7,9-11H2,1-3H3/t12-,16-/m1/s1/i10D/t10-,12-,16-. The van der Waals surface area contributed by atoms with Gasteiger partial charge in [-0.25, -0.2) is 12.4 Å². The molecule has 2 aliphatic carbocycles. The van der Waals surface area contributed by atoms with Crippen LogP contribution in [0.3, 0.4) is 0 Å². The summed E-state index contributed by atoms with van der Waals surface area (Å²) in [4.78, 5) is 12.6. The highest BCUT2D eigenvalue weighted by atomic mass is 32.2. The van der Waals surface area contributed by atoms with Crippen LogP contribution in [-0.2, 0) is 35.7 Å². The van der Waals surface area contributed by atoms with Crippen LogP contribution >= 0.6 is 0 Å². The van der Waals surface area contributed by atoms with Gasteiger partial charge >= 0.3 is 0 Å². The van der Waals surface area contributed by atoms with E-state index in [0.717, 1.165) is 16.6 Å². The molecule has 25 heavy (non-hydrogen) atoms. The maximum atomic E-state index is 13.1. The molecular formula is C16H23NO6S2. The first-order chi connectivity index (χ1) is 11.8. The van der Waals surface area contributed by atoms with Crippen LogP contribution in [-0.4, -0.2) is 38.6 Å². The predicted octanol–water partition coefficient (Wildman–Crippen LogP) is 1.54. The molecule has 0 spiro atoms. The normalized spacial score (nSPS) is 30.4. The van der Waals surface area contributed by atoms with E-state index in [1.165, 1.54) is 18.3 Å². The van der Waals surface area contributed by atoms with Crippen LogP contribution in [0.15, 0.2) is 18.3 Å². The fourth-order valence-electron chi connectivity index (χ4n) is 4.35. The predicted molar refractivity (Wildman–Crippen MR) is 91.8 cm³/mol. The van der Waals surface area contributed by atoms with Crippen molar-refractivity contribution in [3.63, 3.8) is 0 Å². The summed E-state index contributed by atoms with van der Waals surface area (Å²) in [6.07, 6.45) is 3.81. The molecule has 2 aliphatic rings. The molecule has 0 aromatic carbocycles. The van der Waals surface area contributed by atoms with Gasteiger partial charge in [-0.3, -0.25) is 8.98 Å². The molecule has 1 aromatic heterocycles. The van der Waals surface area contributed by atoms with E-state index in [4.69, 9.17) is 1.37 Å². The summed E-state index contributed by atoms with van der Waals surface area (Å²) in [7, 11) is -7.90. The lowest BCUT2D eigenvalue weighted by Gasteiger charge is -2.36. The SMILES string of the molecule is [2H][C@@H](OS(C)(=O)=O)c1cccn1S(=O)(=O)C[C@]12CC[C@H](CC1=O)C2(C)C. The summed E-state index contributed by atoms with van der Waals surface area (Å²) in [6, 6.07) is 2.74. The van der Waals surface area contributed by atoms with E-state index in [2.05, 4.69) is 4.18 Å². The smallest absolute Gasteiger partial charge is 0.264 e. The van der Waals surface area contributed by atoms with Crippen molar-refractivity contribution in [1.82, 2.24) is 3.97 Å². The minimum atomic E-state index is -3.98. The highest BCUT2D eigenvalue weighted by Crippen LogP contribution is 2.64. The third-order valence-corrected chi connectivity index (χ3v) is 8.19. The minimum absolute atomic E-state index is 0.0224. The van der Waals surface area contributed by atoms with Crippen molar-refractivity contribution in [2.45, 2.75) is 39.7 Å². The molecule has 0 N–H and O–H groups in total. The molecule has 1 aromatic rings. The number of ketones is 1. The molecule has 140 valence electrons. The van der Waals surface area contributed by atoms with E-state index in [9.17, 15) is 21.6 Å². The Balaban J connectivity index is 1.96. The van der Waals surface area contributed by atoms with Crippen molar-refractivity contribution < 1.29 is 27.2 Å². The van der Waals surface area contributed by atoms with Crippen LogP contribution in [0.4, 0.5) is 0 Å². The summed E-state index contributed by atoms with van der Waals surface area (Å²) in [6.45, 7) is 2.19. The van der Waals surface area contributed by atoms with Crippen LogP contribution in [0.1, 0.15) is 40.2 Å². The molecule has 0 radical (unpaired) electrons. The Labute approximate surface area is 149 Å². The molecule has 3 rings (SSSR count). The zero-order valence-electron chi connectivity index (χ0n) is 15.4. The number of hydrogen-bond acceptors (Lipinski definition) is 6. The quantitative estimate of drug-likeness (QED) is 0.683. The molecule has 9 heteroatoms. The van der Waals surface area contributed by atoms with Gasteiger partial charge < -0.3 is 0 Å². The maximum Gasteiger partial charge on any atom is 0.264 e. The molecular weight excluding hydrogens is 366 g/mol. The second-order valence-electron chi connectivity index (χ2n) is 7.57. The Hall–Kier alpha value is -1.19. The lowest BCUT2D eigenvalue weighted by molar-refractivity contribution is -0.128. The summed E-state index contributed by atoms with van der Waals surface area (Å²) in [5.74, 6) is -0.187. The highest BCUT2D eigenvalue weighted by molar-refractivity contribution is 7.90. The van der Waals surface area contributed by atoms with Crippen LogP contribution < -0.4 is 0 Å². The number of carbonyl (C=O) groups is 1. The fraction of sp³-hybridized carbons (Fsp3) is 0.688. The molecule has 2 bridgehead atoms. The summed E-state index contributed by atoms with van der Waals surface area (Å²) >= 11 is 0. The zero-order chi connectivity index (χ0) is 19.5. The third kappa shape index (κ3) is 2.96. The van der Waals surface area contributed by atoms with E-state index in [1.54, 1.807) is 0 Å². The van der Waals surface area contributed by atoms with Crippen LogP contribution in [0, 0.1) is 16.7 Å². The van der Waals surface area contributed by atoms with Crippen molar-refractivity contribution in [1.29, 1.82) is 0 Å². The van der Waals surface area contributed by atoms with Gasteiger partial charge in [-0.15, -0.1) is 0 Å². The number of hydrogen-bond donors (Lipinski definition) is 0. The van der Waals surface area contributed by atoms with Gasteiger partial charge in [0.05, 0.1) is 24.5 Å². The van der Waals surface area contributed by atoms with Gasteiger partial charge in [0.25, 0.3) is 10.1 Å². The average Bonchev–Trinajstić information content (AvgIpc) is 3.09. The third-order valence-electron chi connectivity index (χ3n) is 5.95. The van der Waals surface area contributed by atoms with Crippen molar-refractivity contribution in [2.75, 3.05) is 12.0 Å². The average molecular weight is 391 g/mol. The van der Waals surface area contributed by atoms with Gasteiger partial charge in [-0.2, -0.15) is 8.42 Å². The van der Waals surface area contributed by atoms with E-state index in [-0.39, 0.29) is 23.1 Å². The minimum Gasteiger partial charge on any atom is -0.299 e. The maximum absolute atomic E-state index is 13.1. The molecule has 0 saturated heterocycles. The molecule has 2 saturated carbocycles. The number of nitrogens with zero attached hydrogens (tertiary/aromatic N) is 1. The summed E-state index contributed by atoms with van der Waals surface area (Å²) in [5.41, 5.74) is -1.45. The lowest BCUT2D eigenvalue weighted by atomic mass is 9.70. The molecule has 0 amide bonds. The Morgan fingerprint density at radius 3 is 2.56 bits per heavy atom. The molecule has 1 heterocycles.